The quantitative estimate of drug-likeness (QED) is 0.149. The van der Waals surface area contributed by atoms with Gasteiger partial charge in [-0.25, -0.2) is 0 Å². The van der Waals surface area contributed by atoms with Gasteiger partial charge in [-0.05, 0) is 157 Å². The summed E-state index contributed by atoms with van der Waals surface area (Å²) < 4.78 is 13.9. The van der Waals surface area contributed by atoms with Crippen molar-refractivity contribution in [1.29, 1.82) is 0 Å². The first-order chi connectivity index (χ1) is 38.2. The van der Waals surface area contributed by atoms with Gasteiger partial charge in [0.25, 0.3) is 0 Å². The molecular weight excluding hydrogens is 965 g/mol. The molecule has 0 aliphatic heterocycles. The Morgan fingerprint density at radius 1 is 0.333 bits per heavy atom. The predicted octanol–water partition coefficient (Wildman–Crippen LogP) is 19.9. The molecule has 0 atom stereocenters. The van der Waals surface area contributed by atoms with Crippen LogP contribution in [0.3, 0.4) is 0 Å². The largest absolute Gasteiger partial charge is 0.454 e. The van der Waals surface area contributed by atoms with Crippen LogP contribution in [-0.2, 0) is 5.41 Å². The number of para-hydroxylation sites is 6. The smallest absolute Gasteiger partial charge is 0.159 e. The fraction of sp³-hybridized carbons (Fsp3) is 0.0685. The van der Waals surface area contributed by atoms with Crippen molar-refractivity contribution < 1.29 is 8.83 Å². The SMILES string of the molecule is Cc1cccc2c1oc1c(N(c3ccccc3)c3ccc4cc5c(cc4c3)C3(c4ccccc4-c4ccccc43)c3c-5ccc4cc(N(c5ccccc5)c5cccc6c5oc5c([Si](C)(C)C)cccc56)ccc34)cccc12. The fourth-order valence-corrected chi connectivity index (χ4v) is 15.1. The van der Waals surface area contributed by atoms with Crippen molar-refractivity contribution in [2.45, 2.75) is 32.0 Å². The lowest BCUT2D eigenvalue weighted by Crippen LogP contribution is -2.37. The van der Waals surface area contributed by atoms with E-state index in [-0.39, 0.29) is 0 Å². The lowest BCUT2D eigenvalue weighted by molar-refractivity contribution is 0.666. The van der Waals surface area contributed by atoms with E-state index in [1.165, 1.54) is 76.6 Å². The van der Waals surface area contributed by atoms with E-state index in [1.54, 1.807) is 0 Å². The summed E-state index contributed by atoms with van der Waals surface area (Å²) >= 11 is 0. The van der Waals surface area contributed by atoms with E-state index in [0.717, 1.165) is 78.2 Å². The molecule has 0 radical (unpaired) electrons. The maximum absolute atomic E-state index is 7.10. The van der Waals surface area contributed by atoms with Gasteiger partial charge < -0.3 is 18.6 Å². The molecule has 0 unspecified atom stereocenters. The first-order valence-corrected chi connectivity index (χ1v) is 30.7. The van der Waals surface area contributed by atoms with E-state index in [9.17, 15) is 0 Å². The summed E-state index contributed by atoms with van der Waals surface area (Å²) in [6.07, 6.45) is 0. The zero-order valence-electron chi connectivity index (χ0n) is 43.8. The third-order valence-corrected chi connectivity index (χ3v) is 19.0. The van der Waals surface area contributed by atoms with Gasteiger partial charge in [0.05, 0.1) is 24.9 Å². The van der Waals surface area contributed by atoms with Crippen LogP contribution in [0.1, 0.15) is 27.8 Å². The van der Waals surface area contributed by atoms with Crippen molar-refractivity contribution in [3.05, 3.63) is 270 Å². The molecule has 2 aliphatic rings. The van der Waals surface area contributed by atoms with E-state index in [0.29, 0.717) is 0 Å². The van der Waals surface area contributed by atoms with Crippen LogP contribution in [0.25, 0.3) is 87.7 Å². The summed E-state index contributed by atoms with van der Waals surface area (Å²) in [5, 5.41) is 10.7. The number of hydrogen-bond donors (Lipinski definition) is 0. The van der Waals surface area contributed by atoms with Crippen LogP contribution in [0, 0.1) is 6.92 Å². The Labute approximate surface area is 453 Å². The van der Waals surface area contributed by atoms with Gasteiger partial charge >= 0.3 is 0 Å². The molecule has 5 heteroatoms. The lowest BCUT2D eigenvalue weighted by atomic mass is 9.69. The third kappa shape index (κ3) is 6.28. The van der Waals surface area contributed by atoms with Crippen molar-refractivity contribution >= 4 is 113 Å². The van der Waals surface area contributed by atoms with Gasteiger partial charge in [0.15, 0.2) is 11.2 Å². The summed E-state index contributed by atoms with van der Waals surface area (Å²) in [6.45, 7) is 9.32. The first kappa shape index (κ1) is 44.8. The molecule has 1 spiro atoms. The summed E-state index contributed by atoms with van der Waals surface area (Å²) in [6, 6.07) is 89.8. The molecule has 14 aromatic rings. The van der Waals surface area contributed by atoms with Gasteiger partial charge in [0.2, 0.25) is 0 Å². The van der Waals surface area contributed by atoms with Crippen molar-refractivity contribution in [3.8, 4) is 22.3 Å². The second-order valence-corrected chi connectivity index (χ2v) is 27.4. The van der Waals surface area contributed by atoms with Crippen LogP contribution in [0.5, 0.6) is 0 Å². The zero-order valence-corrected chi connectivity index (χ0v) is 44.8. The zero-order chi connectivity index (χ0) is 52.0. The summed E-state index contributed by atoms with van der Waals surface area (Å²) in [7, 11) is -1.73. The van der Waals surface area contributed by atoms with Gasteiger partial charge in [-0.1, -0.05) is 189 Å². The molecule has 0 saturated heterocycles. The second kappa shape index (κ2) is 16.5. The number of furan rings is 2. The molecule has 0 amide bonds. The Balaban J connectivity index is 0.914. The Bertz CT molecular complexity index is 4770. The summed E-state index contributed by atoms with van der Waals surface area (Å²) in [5.41, 5.74) is 20.9. The molecule has 0 N–H and O–H groups in total. The molecule has 0 saturated carbocycles. The first-order valence-electron chi connectivity index (χ1n) is 27.2. The molecule has 4 nitrogen and oxygen atoms in total. The molecule has 12 aromatic carbocycles. The molecule has 78 heavy (non-hydrogen) atoms. The minimum Gasteiger partial charge on any atom is -0.454 e. The number of anilines is 6. The molecular formula is C73H52N2O2Si. The van der Waals surface area contributed by atoms with Crippen LogP contribution < -0.4 is 15.0 Å². The van der Waals surface area contributed by atoms with Crippen LogP contribution in [0.2, 0.25) is 19.6 Å². The fourth-order valence-electron chi connectivity index (χ4n) is 13.7. The number of hydrogen-bond acceptors (Lipinski definition) is 4. The summed E-state index contributed by atoms with van der Waals surface area (Å²) in [4.78, 5) is 4.75. The van der Waals surface area contributed by atoms with Crippen molar-refractivity contribution in [2.24, 2.45) is 0 Å². The lowest BCUT2D eigenvalue weighted by Gasteiger charge is -2.32. The maximum Gasteiger partial charge on any atom is 0.159 e. The van der Waals surface area contributed by atoms with Crippen LogP contribution in [-0.4, -0.2) is 8.07 Å². The van der Waals surface area contributed by atoms with E-state index in [4.69, 9.17) is 8.83 Å². The molecule has 16 rings (SSSR count). The maximum atomic E-state index is 7.10. The highest BCUT2D eigenvalue weighted by Crippen LogP contribution is 2.65. The monoisotopic (exact) mass is 1020 g/mol. The number of fused-ring (bicyclic) bond motifs is 19. The standard InChI is InChI=1S/C73H52N2O2Si/c1-45-19-15-26-57-58-27-16-32-65(70(58)76-69(45)57)74(49-20-7-5-8-21-49)51-37-35-46-43-61-56-39-36-47-41-52(75(50-22-9-6-10-23-50)66-33-17-28-59-60-29-18-34-67(78(2,3)4)72(60)77-71(59)66)38-40-53(47)68(56)73(64(61)44-48(46)42-51)62-30-13-11-24-54(62)55-25-12-14-31-63(55)73/h5-44H,1-4H3. The number of nitrogens with zero attached hydrogens (tertiary/aromatic N) is 2. The normalized spacial score (nSPS) is 13.2. The average Bonchev–Trinajstić information content (AvgIpc) is 2.68. The average molecular weight is 1020 g/mol. The van der Waals surface area contributed by atoms with Gasteiger partial charge in [0.1, 0.15) is 11.2 Å². The van der Waals surface area contributed by atoms with Gasteiger partial charge in [-0.15, -0.1) is 0 Å². The Morgan fingerprint density at radius 3 is 1.47 bits per heavy atom. The van der Waals surface area contributed by atoms with Crippen LogP contribution in [0.15, 0.2) is 251 Å². The van der Waals surface area contributed by atoms with Crippen molar-refractivity contribution in [1.82, 2.24) is 0 Å². The number of aryl methyl sites for hydroxylation is 1. The highest BCUT2D eigenvalue weighted by Gasteiger charge is 2.52. The second-order valence-electron chi connectivity index (χ2n) is 22.4. The molecule has 2 aromatic heterocycles. The van der Waals surface area contributed by atoms with Crippen LogP contribution in [0.4, 0.5) is 34.1 Å². The highest BCUT2D eigenvalue weighted by atomic mass is 28.3. The van der Waals surface area contributed by atoms with Crippen LogP contribution >= 0.6 is 0 Å². The van der Waals surface area contributed by atoms with Crippen molar-refractivity contribution in [3.63, 3.8) is 0 Å². The van der Waals surface area contributed by atoms with E-state index < -0.39 is 13.5 Å². The Hall–Kier alpha value is -9.42. The predicted molar refractivity (Wildman–Crippen MR) is 329 cm³/mol. The third-order valence-electron chi connectivity index (χ3n) is 17.0. The Morgan fingerprint density at radius 2 is 0.846 bits per heavy atom. The van der Waals surface area contributed by atoms with E-state index in [2.05, 4.69) is 279 Å². The van der Waals surface area contributed by atoms with Gasteiger partial charge in [0, 0.05) is 44.3 Å². The summed E-state index contributed by atoms with van der Waals surface area (Å²) in [5.74, 6) is 0. The molecule has 0 fully saturated rings. The topological polar surface area (TPSA) is 32.8 Å². The minimum atomic E-state index is -1.73. The number of rotatable bonds is 7. The molecule has 370 valence electrons. The van der Waals surface area contributed by atoms with E-state index in [1.807, 2.05) is 0 Å². The van der Waals surface area contributed by atoms with Crippen molar-refractivity contribution in [2.75, 3.05) is 9.80 Å². The molecule has 2 aliphatic carbocycles. The highest BCUT2D eigenvalue weighted by molar-refractivity contribution is 6.90. The minimum absolute atomic E-state index is 0.590. The Kier molecular flexibility index (Phi) is 9.51. The van der Waals surface area contributed by atoms with Gasteiger partial charge in [-0.3, -0.25) is 0 Å². The number of benzene rings is 12. The molecule has 2 heterocycles. The van der Waals surface area contributed by atoms with Gasteiger partial charge in [-0.2, -0.15) is 0 Å². The molecule has 0 bridgehead atoms. The van der Waals surface area contributed by atoms with E-state index >= 15 is 0 Å².